The number of carbonyl (C=O) groups is 2. The van der Waals surface area contributed by atoms with Crippen LogP contribution in [-0.2, 0) is 22.6 Å². The monoisotopic (exact) mass is 542 g/mol. The van der Waals surface area contributed by atoms with Gasteiger partial charge in [0.1, 0.15) is 6.54 Å². The van der Waals surface area contributed by atoms with Gasteiger partial charge in [-0.15, -0.1) is 11.3 Å². The molecule has 3 aromatic carbocycles. The second-order valence-corrected chi connectivity index (χ2v) is 10.9. The van der Waals surface area contributed by atoms with Gasteiger partial charge in [0.15, 0.2) is 11.5 Å². The molecule has 0 N–H and O–H groups in total. The number of hydrogen-bond acceptors (Lipinski definition) is 6. The molecule has 1 aromatic heterocycles. The number of benzene rings is 3. The number of carbonyl (C=O) groups excluding carboxylic acids is 2. The van der Waals surface area contributed by atoms with Gasteiger partial charge in [0.05, 0.1) is 12.6 Å². The maximum absolute atomic E-state index is 13.9. The van der Waals surface area contributed by atoms with Gasteiger partial charge in [-0.1, -0.05) is 42.5 Å². The first-order valence-electron chi connectivity index (χ1n) is 13.2. The highest BCUT2D eigenvalue weighted by molar-refractivity contribution is 7.09. The molecule has 1 fully saturated rings. The predicted octanol–water partition coefficient (Wildman–Crippen LogP) is 5.48. The maximum Gasteiger partial charge on any atom is 0.254 e. The average molecular weight is 543 g/mol. The van der Waals surface area contributed by atoms with Crippen molar-refractivity contribution < 1.29 is 23.8 Å². The van der Waals surface area contributed by atoms with E-state index in [4.69, 9.17) is 14.2 Å². The minimum atomic E-state index is -0.163. The fraction of sp³-hybridized carbons (Fsp3) is 0.290. The summed E-state index contributed by atoms with van der Waals surface area (Å²) < 4.78 is 16.9. The summed E-state index contributed by atoms with van der Waals surface area (Å²) in [4.78, 5) is 32.2. The van der Waals surface area contributed by atoms with Crippen LogP contribution in [0.2, 0.25) is 0 Å². The fourth-order valence-electron chi connectivity index (χ4n) is 5.10. The van der Waals surface area contributed by atoms with Gasteiger partial charge in [-0.2, -0.15) is 0 Å². The van der Waals surface area contributed by atoms with E-state index in [0.29, 0.717) is 43.3 Å². The van der Waals surface area contributed by atoms with Gasteiger partial charge in [-0.3, -0.25) is 9.59 Å². The van der Waals surface area contributed by atoms with Crippen LogP contribution in [0.25, 0.3) is 10.8 Å². The van der Waals surface area contributed by atoms with Crippen LogP contribution in [0.5, 0.6) is 11.5 Å². The van der Waals surface area contributed by atoms with E-state index in [2.05, 4.69) is 0 Å². The first-order valence-corrected chi connectivity index (χ1v) is 14.1. The summed E-state index contributed by atoms with van der Waals surface area (Å²) in [5, 5.41) is 4.07. The second kappa shape index (κ2) is 11.5. The number of amides is 2. The van der Waals surface area contributed by atoms with E-state index < -0.39 is 0 Å². The summed E-state index contributed by atoms with van der Waals surface area (Å²) >= 11 is 1.61. The van der Waals surface area contributed by atoms with Gasteiger partial charge in [0.2, 0.25) is 12.7 Å². The molecule has 1 atom stereocenters. The molecule has 4 aromatic rings. The average Bonchev–Trinajstić information content (AvgIpc) is 3.75. The summed E-state index contributed by atoms with van der Waals surface area (Å²) in [6, 6.07) is 23.4. The highest BCUT2D eigenvalue weighted by Crippen LogP contribution is 2.33. The molecule has 0 bridgehead atoms. The first kappa shape index (κ1) is 25.4. The number of ether oxygens (including phenoxy) is 3. The van der Waals surface area contributed by atoms with E-state index in [1.807, 2.05) is 78.2 Å². The lowest BCUT2D eigenvalue weighted by Gasteiger charge is -2.29. The molecule has 0 aliphatic carbocycles. The lowest BCUT2D eigenvalue weighted by molar-refractivity contribution is -0.133. The summed E-state index contributed by atoms with van der Waals surface area (Å²) in [5.41, 5.74) is 1.51. The van der Waals surface area contributed by atoms with Gasteiger partial charge in [0, 0.05) is 30.1 Å². The van der Waals surface area contributed by atoms with Crippen LogP contribution in [0.15, 0.2) is 78.2 Å². The molecule has 1 unspecified atom stereocenters. The number of nitrogens with zero attached hydrogens (tertiary/aromatic N) is 2. The molecule has 0 saturated carbocycles. The number of thiophene rings is 1. The maximum atomic E-state index is 13.9. The quantitative estimate of drug-likeness (QED) is 0.280. The Morgan fingerprint density at radius 3 is 2.56 bits per heavy atom. The fourth-order valence-corrected chi connectivity index (χ4v) is 5.82. The summed E-state index contributed by atoms with van der Waals surface area (Å²) in [6.45, 7) is 2.10. The molecule has 3 heterocycles. The van der Waals surface area contributed by atoms with Gasteiger partial charge in [-0.05, 0) is 64.9 Å². The molecule has 2 aliphatic rings. The summed E-state index contributed by atoms with van der Waals surface area (Å²) in [7, 11) is 0. The Hall–Kier alpha value is -3.88. The zero-order valence-corrected chi connectivity index (χ0v) is 22.4. The molecule has 39 heavy (non-hydrogen) atoms. The van der Waals surface area contributed by atoms with Crippen molar-refractivity contribution in [3.63, 3.8) is 0 Å². The third kappa shape index (κ3) is 5.92. The normalized spacial score (nSPS) is 15.9. The van der Waals surface area contributed by atoms with Crippen molar-refractivity contribution in [3.8, 4) is 11.5 Å². The number of fused-ring (bicyclic) bond motifs is 2. The van der Waals surface area contributed by atoms with E-state index in [1.165, 1.54) is 0 Å². The molecule has 0 radical (unpaired) electrons. The molecule has 2 aliphatic heterocycles. The topological polar surface area (TPSA) is 68.3 Å². The van der Waals surface area contributed by atoms with E-state index in [9.17, 15) is 9.59 Å². The minimum absolute atomic E-state index is 0.0263. The molecule has 1 saturated heterocycles. The van der Waals surface area contributed by atoms with Crippen LogP contribution in [0.3, 0.4) is 0 Å². The highest BCUT2D eigenvalue weighted by Gasteiger charge is 2.28. The lowest BCUT2D eigenvalue weighted by Crippen LogP contribution is -2.45. The van der Waals surface area contributed by atoms with Crippen LogP contribution in [0.4, 0.5) is 0 Å². The highest BCUT2D eigenvalue weighted by atomic mass is 32.1. The third-order valence-electron chi connectivity index (χ3n) is 7.15. The molecule has 0 spiro atoms. The van der Waals surface area contributed by atoms with Crippen LogP contribution < -0.4 is 9.47 Å². The molecule has 2 amide bonds. The number of hydrogen-bond donors (Lipinski definition) is 0. The standard InChI is InChI=1S/C31H30N2O5S/c34-30(32(19-27-8-4-14-39-27)17-22-9-12-28-29(15-22)38-21-37-28)20-33(18-26-7-3-13-36-26)31(35)25-11-10-23-5-1-2-6-24(23)16-25/h1-2,4-6,8-12,14-16,26H,3,7,13,17-21H2. The third-order valence-corrected chi connectivity index (χ3v) is 8.01. The van der Waals surface area contributed by atoms with Crippen molar-refractivity contribution >= 4 is 33.9 Å². The molecule has 8 heteroatoms. The predicted molar refractivity (Wildman–Crippen MR) is 150 cm³/mol. The zero-order chi connectivity index (χ0) is 26.6. The van der Waals surface area contributed by atoms with Crippen LogP contribution >= 0.6 is 11.3 Å². The van der Waals surface area contributed by atoms with Gasteiger partial charge < -0.3 is 24.0 Å². The van der Waals surface area contributed by atoms with E-state index in [0.717, 1.165) is 34.1 Å². The SMILES string of the molecule is O=C(CN(CC1CCCO1)C(=O)c1ccc2ccccc2c1)N(Cc1ccc2c(c1)OCO2)Cc1cccs1. The Kier molecular flexibility index (Phi) is 7.47. The largest absolute Gasteiger partial charge is 0.454 e. The van der Waals surface area contributed by atoms with Crippen LogP contribution in [0.1, 0.15) is 33.6 Å². The van der Waals surface area contributed by atoms with Crippen molar-refractivity contribution in [1.82, 2.24) is 9.80 Å². The lowest BCUT2D eigenvalue weighted by atomic mass is 10.1. The summed E-state index contributed by atoms with van der Waals surface area (Å²) in [6.07, 6.45) is 1.78. The van der Waals surface area contributed by atoms with E-state index in [-0.39, 0.29) is 31.3 Å². The first-order chi connectivity index (χ1) is 19.1. The molecule has 200 valence electrons. The Labute approximate surface area is 231 Å². The Morgan fingerprint density at radius 1 is 0.872 bits per heavy atom. The van der Waals surface area contributed by atoms with E-state index >= 15 is 0 Å². The van der Waals surface area contributed by atoms with Crippen molar-refractivity contribution in [2.75, 3.05) is 26.5 Å². The van der Waals surface area contributed by atoms with Gasteiger partial charge >= 0.3 is 0 Å². The molecular formula is C31H30N2O5S. The van der Waals surface area contributed by atoms with Crippen LogP contribution in [-0.4, -0.2) is 54.2 Å². The minimum Gasteiger partial charge on any atom is -0.454 e. The van der Waals surface area contributed by atoms with Crippen LogP contribution in [0, 0.1) is 0 Å². The zero-order valence-electron chi connectivity index (χ0n) is 21.6. The van der Waals surface area contributed by atoms with Crippen molar-refractivity contribution in [2.45, 2.75) is 32.0 Å². The molecule has 6 rings (SSSR count). The van der Waals surface area contributed by atoms with Gasteiger partial charge in [-0.25, -0.2) is 0 Å². The molecule has 7 nitrogen and oxygen atoms in total. The Balaban J connectivity index is 1.25. The number of rotatable bonds is 9. The van der Waals surface area contributed by atoms with Crippen molar-refractivity contribution in [2.24, 2.45) is 0 Å². The smallest absolute Gasteiger partial charge is 0.254 e. The molecular weight excluding hydrogens is 512 g/mol. The Bertz CT molecular complexity index is 1470. The van der Waals surface area contributed by atoms with E-state index in [1.54, 1.807) is 21.1 Å². The Morgan fingerprint density at radius 2 is 1.74 bits per heavy atom. The van der Waals surface area contributed by atoms with Crippen molar-refractivity contribution in [3.05, 3.63) is 94.2 Å². The second-order valence-electron chi connectivity index (χ2n) is 9.90. The van der Waals surface area contributed by atoms with Gasteiger partial charge in [0.25, 0.3) is 5.91 Å². The van der Waals surface area contributed by atoms with Crippen molar-refractivity contribution in [1.29, 1.82) is 0 Å². The summed E-state index contributed by atoms with van der Waals surface area (Å²) in [5.74, 6) is 1.11.